The molecule has 1 unspecified atom stereocenters. The summed E-state index contributed by atoms with van der Waals surface area (Å²) in [5.74, 6) is -3.08. The minimum atomic E-state index is -1.11. The van der Waals surface area contributed by atoms with Gasteiger partial charge in [0.2, 0.25) is 17.6 Å². The number of nitrogen functional groups attached to an aromatic ring is 1. The van der Waals surface area contributed by atoms with Crippen molar-refractivity contribution in [1.29, 1.82) is 0 Å². The van der Waals surface area contributed by atoms with Crippen molar-refractivity contribution in [3.05, 3.63) is 58.6 Å². The molecule has 3 aromatic rings. The number of ether oxygens (including phenoxy) is 1. The Morgan fingerprint density at radius 3 is 2.50 bits per heavy atom. The molecule has 4 N–H and O–H groups in total. The van der Waals surface area contributed by atoms with Gasteiger partial charge in [-0.2, -0.15) is 0 Å². The Hall–Kier alpha value is -3.60. The maximum atomic E-state index is 13.8. The molecule has 8 nitrogen and oxygen atoms in total. The van der Waals surface area contributed by atoms with Gasteiger partial charge in [-0.05, 0) is 25.1 Å². The van der Waals surface area contributed by atoms with E-state index in [9.17, 15) is 18.4 Å². The zero-order valence-corrected chi connectivity index (χ0v) is 16.7. The van der Waals surface area contributed by atoms with Gasteiger partial charge in [-0.15, -0.1) is 0 Å². The molecule has 0 radical (unpaired) electrons. The first-order chi connectivity index (χ1) is 14.2. The number of anilines is 3. The van der Waals surface area contributed by atoms with Gasteiger partial charge in [-0.3, -0.25) is 9.59 Å². The summed E-state index contributed by atoms with van der Waals surface area (Å²) in [5.41, 5.74) is 11.7. The van der Waals surface area contributed by atoms with E-state index < -0.39 is 29.4 Å². The van der Waals surface area contributed by atoms with Gasteiger partial charge in [0.15, 0.2) is 16.8 Å². The van der Waals surface area contributed by atoms with Crippen molar-refractivity contribution in [2.75, 3.05) is 17.7 Å². The van der Waals surface area contributed by atoms with Crippen LogP contribution in [0.2, 0.25) is 0 Å². The van der Waals surface area contributed by atoms with Crippen LogP contribution in [0.5, 0.6) is 5.88 Å². The van der Waals surface area contributed by atoms with Gasteiger partial charge in [0, 0.05) is 29.6 Å². The molecule has 156 valence electrons. The molecule has 30 heavy (non-hydrogen) atoms. The quantitative estimate of drug-likeness (QED) is 0.549. The number of carbonyl (C=O) groups excluding carboxylic acids is 2. The number of hydrogen-bond donors (Lipinski definition) is 2. The highest BCUT2D eigenvalue weighted by Crippen LogP contribution is 2.36. The fourth-order valence-corrected chi connectivity index (χ4v) is 3.66. The Balaban J connectivity index is 2.04. The fourth-order valence-electron chi connectivity index (χ4n) is 2.61. The maximum Gasteiger partial charge on any atom is 0.240 e. The lowest BCUT2D eigenvalue weighted by Crippen LogP contribution is -2.40. The second-order valence-electron chi connectivity index (χ2n) is 6.18. The number of methoxy groups -OCH3 is 1. The predicted molar refractivity (Wildman–Crippen MR) is 108 cm³/mol. The summed E-state index contributed by atoms with van der Waals surface area (Å²) in [6.45, 7) is 1.47. The first-order valence-corrected chi connectivity index (χ1v) is 9.39. The molecule has 2 heterocycles. The third-order valence-corrected chi connectivity index (χ3v) is 5.31. The van der Waals surface area contributed by atoms with Crippen molar-refractivity contribution in [3.63, 3.8) is 0 Å². The van der Waals surface area contributed by atoms with Gasteiger partial charge >= 0.3 is 0 Å². The van der Waals surface area contributed by atoms with Gasteiger partial charge in [0.05, 0.1) is 7.11 Å². The van der Waals surface area contributed by atoms with Crippen LogP contribution in [-0.4, -0.2) is 34.8 Å². The summed E-state index contributed by atoms with van der Waals surface area (Å²) in [5, 5.41) is 0.120. The minimum Gasteiger partial charge on any atom is -0.481 e. The fraction of sp³-hybridized carbons (Fsp3) is 0.158. The van der Waals surface area contributed by atoms with E-state index in [0.29, 0.717) is 5.88 Å². The van der Waals surface area contributed by atoms with Crippen LogP contribution in [0.3, 0.4) is 0 Å². The molecule has 0 spiro atoms. The zero-order valence-electron chi connectivity index (χ0n) is 15.9. The molecule has 0 aliphatic carbocycles. The van der Waals surface area contributed by atoms with Crippen LogP contribution in [0.25, 0.3) is 0 Å². The summed E-state index contributed by atoms with van der Waals surface area (Å²) in [6, 6.07) is 5.15. The van der Waals surface area contributed by atoms with Gasteiger partial charge in [0.25, 0.3) is 0 Å². The topological polar surface area (TPSA) is 124 Å². The molecule has 1 aromatic carbocycles. The lowest BCUT2D eigenvalue weighted by atomic mass is 10.1. The summed E-state index contributed by atoms with van der Waals surface area (Å²) in [7, 11) is 1.45. The number of primary amides is 1. The number of nitrogens with zero attached hydrogens (tertiary/aromatic N) is 3. The van der Waals surface area contributed by atoms with Crippen LogP contribution >= 0.6 is 11.3 Å². The molecule has 0 aliphatic heterocycles. The average molecular weight is 433 g/mol. The lowest BCUT2D eigenvalue weighted by Gasteiger charge is -2.26. The molecular formula is C19H17F2N5O3S. The second kappa shape index (κ2) is 8.41. The van der Waals surface area contributed by atoms with Gasteiger partial charge in [-0.1, -0.05) is 11.3 Å². The Morgan fingerprint density at radius 2 is 1.93 bits per heavy atom. The van der Waals surface area contributed by atoms with E-state index in [0.717, 1.165) is 23.5 Å². The number of carbonyl (C=O) groups is 2. The Labute approximate surface area is 174 Å². The normalized spacial score (nSPS) is 11.7. The number of benzene rings is 1. The molecule has 0 saturated heterocycles. The number of rotatable bonds is 7. The van der Waals surface area contributed by atoms with Crippen molar-refractivity contribution in [2.45, 2.75) is 13.0 Å². The third-order valence-electron chi connectivity index (χ3n) is 4.24. The number of hydrogen-bond acceptors (Lipinski definition) is 8. The molecular weight excluding hydrogens is 416 g/mol. The van der Waals surface area contributed by atoms with Crippen LogP contribution in [0.15, 0.2) is 36.5 Å². The molecule has 0 saturated carbocycles. The second-order valence-corrected chi connectivity index (χ2v) is 7.15. The molecule has 0 bridgehead atoms. The molecule has 1 amide bonds. The van der Waals surface area contributed by atoms with Crippen molar-refractivity contribution in [2.24, 2.45) is 5.73 Å². The molecule has 0 aliphatic rings. The lowest BCUT2D eigenvalue weighted by molar-refractivity contribution is -0.118. The number of aromatic nitrogens is 2. The van der Waals surface area contributed by atoms with E-state index in [2.05, 4.69) is 9.97 Å². The number of halogens is 2. The number of ketones is 1. The van der Waals surface area contributed by atoms with E-state index in [-0.39, 0.29) is 27.1 Å². The van der Waals surface area contributed by atoms with E-state index in [1.54, 1.807) is 0 Å². The number of amides is 1. The number of pyridine rings is 1. The highest BCUT2D eigenvalue weighted by atomic mass is 32.1. The van der Waals surface area contributed by atoms with E-state index in [1.165, 1.54) is 43.3 Å². The minimum absolute atomic E-state index is 0.0833. The van der Waals surface area contributed by atoms with Crippen LogP contribution < -0.4 is 21.1 Å². The van der Waals surface area contributed by atoms with Crippen LogP contribution in [0.4, 0.5) is 25.4 Å². The first kappa shape index (κ1) is 21.1. The standard InChI is InChI=1S/C19H17F2N5O3S/c1-9(18(23)28)26(11-4-5-12(20)13(21)7-11)19-25-17(22)16(30-19)15(27)10-3-6-14(29-2)24-8-10/h3-9H,22H2,1-2H3,(H2,23,28). The zero-order chi connectivity index (χ0) is 22.0. The summed E-state index contributed by atoms with van der Waals surface area (Å²) < 4.78 is 32.1. The summed E-state index contributed by atoms with van der Waals surface area (Å²) >= 11 is 0.888. The summed E-state index contributed by atoms with van der Waals surface area (Å²) in [4.78, 5) is 34.2. The maximum absolute atomic E-state index is 13.8. The predicted octanol–water partition coefficient (Wildman–Crippen LogP) is 2.65. The Bertz CT molecular complexity index is 1100. The van der Waals surface area contributed by atoms with Crippen LogP contribution in [-0.2, 0) is 4.79 Å². The molecule has 1 atom stereocenters. The largest absolute Gasteiger partial charge is 0.481 e. The summed E-state index contributed by atoms with van der Waals surface area (Å²) in [6.07, 6.45) is 1.33. The van der Waals surface area contributed by atoms with Gasteiger partial charge < -0.3 is 21.1 Å². The average Bonchev–Trinajstić information content (AvgIpc) is 3.11. The van der Waals surface area contributed by atoms with Crippen LogP contribution in [0, 0.1) is 11.6 Å². The monoisotopic (exact) mass is 433 g/mol. The van der Waals surface area contributed by atoms with E-state index in [1.807, 2.05) is 0 Å². The third kappa shape index (κ3) is 4.06. The number of nitrogens with two attached hydrogens (primary N) is 2. The van der Waals surface area contributed by atoms with E-state index >= 15 is 0 Å². The highest BCUT2D eigenvalue weighted by Gasteiger charge is 2.28. The SMILES string of the molecule is COc1ccc(C(=O)c2sc(N(c3ccc(F)c(F)c3)C(C)C(N)=O)nc2N)cn1. The van der Waals surface area contributed by atoms with E-state index in [4.69, 9.17) is 16.2 Å². The Kier molecular flexibility index (Phi) is 5.92. The number of thiazole rings is 1. The van der Waals surface area contributed by atoms with Crippen molar-refractivity contribution in [3.8, 4) is 5.88 Å². The molecule has 11 heteroatoms. The van der Waals surface area contributed by atoms with Gasteiger partial charge in [0.1, 0.15) is 16.7 Å². The molecule has 0 fully saturated rings. The van der Waals surface area contributed by atoms with Gasteiger partial charge in [-0.25, -0.2) is 18.7 Å². The first-order valence-electron chi connectivity index (χ1n) is 8.57. The molecule has 2 aromatic heterocycles. The highest BCUT2D eigenvalue weighted by molar-refractivity contribution is 7.18. The van der Waals surface area contributed by atoms with Crippen molar-refractivity contribution >= 4 is 39.7 Å². The molecule has 3 rings (SSSR count). The Morgan fingerprint density at radius 1 is 1.20 bits per heavy atom. The smallest absolute Gasteiger partial charge is 0.240 e. The van der Waals surface area contributed by atoms with Crippen molar-refractivity contribution in [1.82, 2.24) is 9.97 Å². The van der Waals surface area contributed by atoms with Crippen LogP contribution in [0.1, 0.15) is 22.2 Å². The van der Waals surface area contributed by atoms with Crippen molar-refractivity contribution < 1.29 is 23.1 Å².